The van der Waals surface area contributed by atoms with Gasteiger partial charge in [-0.25, -0.2) is 0 Å². The Balaban J connectivity index is 2.88. The number of terminal acetylenes is 1. The summed E-state index contributed by atoms with van der Waals surface area (Å²) in [5.41, 5.74) is 2.06. The van der Waals surface area contributed by atoms with Crippen LogP contribution in [0.1, 0.15) is 12.5 Å². The van der Waals surface area contributed by atoms with E-state index in [1.807, 2.05) is 32.0 Å². The molecule has 1 aromatic rings. The normalized spacial score (nSPS) is 11.8. The zero-order valence-corrected chi connectivity index (χ0v) is 8.52. The molecular formula is C11H12ClN. The van der Waals surface area contributed by atoms with Gasteiger partial charge in [-0.15, -0.1) is 6.42 Å². The molecule has 1 unspecified atom stereocenters. The summed E-state index contributed by atoms with van der Waals surface area (Å²) in [6.07, 6.45) is 5.25. The van der Waals surface area contributed by atoms with Crippen molar-refractivity contribution in [1.29, 1.82) is 0 Å². The van der Waals surface area contributed by atoms with Gasteiger partial charge in [-0.3, -0.25) is 0 Å². The van der Waals surface area contributed by atoms with Crippen molar-refractivity contribution in [2.75, 3.05) is 5.32 Å². The first-order valence-electron chi connectivity index (χ1n) is 4.12. The molecule has 2 heteroatoms. The number of hydrogen-bond acceptors (Lipinski definition) is 1. The quantitative estimate of drug-likeness (QED) is 0.712. The predicted octanol–water partition coefficient (Wildman–Crippen LogP) is 3.08. The number of anilines is 1. The Labute approximate surface area is 84.1 Å². The molecule has 0 bridgehead atoms. The maximum Gasteiger partial charge on any atom is 0.0846 e. The summed E-state index contributed by atoms with van der Waals surface area (Å²) in [5, 5.41) is 3.83. The summed E-state index contributed by atoms with van der Waals surface area (Å²) >= 11 is 5.97. The third-order valence-corrected chi connectivity index (χ3v) is 2.07. The molecule has 1 nitrogen and oxygen atoms in total. The molecule has 0 aliphatic heterocycles. The maximum atomic E-state index is 5.97. The molecule has 1 rings (SSSR count). The molecule has 0 spiro atoms. The number of halogens is 1. The summed E-state index contributed by atoms with van der Waals surface area (Å²) in [5.74, 6) is 2.59. The van der Waals surface area contributed by atoms with E-state index in [4.69, 9.17) is 18.0 Å². The lowest BCUT2D eigenvalue weighted by molar-refractivity contribution is 1.03. The van der Waals surface area contributed by atoms with Gasteiger partial charge in [0.15, 0.2) is 0 Å². The molecule has 1 aromatic carbocycles. The molecule has 0 saturated carbocycles. The Morgan fingerprint density at radius 1 is 1.54 bits per heavy atom. The van der Waals surface area contributed by atoms with Gasteiger partial charge in [0.2, 0.25) is 0 Å². The zero-order valence-electron chi connectivity index (χ0n) is 7.76. The topological polar surface area (TPSA) is 12.0 Å². The number of aryl methyl sites for hydroxylation is 1. The standard InChI is InChI=1S/C11H12ClN/c1-4-9(3)13-11-7-8(2)5-6-10(11)12/h1,5-7,9,13H,2-3H3. The molecule has 0 amide bonds. The number of nitrogens with one attached hydrogen (secondary N) is 1. The van der Waals surface area contributed by atoms with Gasteiger partial charge in [0.1, 0.15) is 0 Å². The van der Waals surface area contributed by atoms with E-state index in [9.17, 15) is 0 Å². The van der Waals surface area contributed by atoms with E-state index in [-0.39, 0.29) is 6.04 Å². The van der Waals surface area contributed by atoms with Crippen molar-refractivity contribution >= 4 is 17.3 Å². The average molecular weight is 194 g/mol. The van der Waals surface area contributed by atoms with Crippen LogP contribution in [0.4, 0.5) is 5.69 Å². The van der Waals surface area contributed by atoms with Crippen LogP contribution in [0.15, 0.2) is 18.2 Å². The predicted molar refractivity (Wildman–Crippen MR) is 58.1 cm³/mol. The second kappa shape index (κ2) is 4.20. The van der Waals surface area contributed by atoms with Crippen LogP contribution >= 0.6 is 11.6 Å². The van der Waals surface area contributed by atoms with Crippen molar-refractivity contribution < 1.29 is 0 Å². The minimum Gasteiger partial charge on any atom is -0.371 e. The molecule has 68 valence electrons. The highest BCUT2D eigenvalue weighted by atomic mass is 35.5. The summed E-state index contributed by atoms with van der Waals surface area (Å²) < 4.78 is 0. The van der Waals surface area contributed by atoms with E-state index < -0.39 is 0 Å². The van der Waals surface area contributed by atoms with Gasteiger partial charge < -0.3 is 5.32 Å². The Bertz CT molecular complexity index is 338. The molecule has 0 aliphatic rings. The van der Waals surface area contributed by atoms with Gasteiger partial charge in [-0.1, -0.05) is 23.6 Å². The van der Waals surface area contributed by atoms with Crippen molar-refractivity contribution in [3.05, 3.63) is 28.8 Å². The third kappa shape index (κ3) is 2.68. The van der Waals surface area contributed by atoms with Gasteiger partial charge in [0, 0.05) is 0 Å². The second-order valence-electron chi connectivity index (χ2n) is 3.02. The van der Waals surface area contributed by atoms with Crippen molar-refractivity contribution in [2.24, 2.45) is 0 Å². The van der Waals surface area contributed by atoms with Crippen LogP contribution in [-0.2, 0) is 0 Å². The fraction of sp³-hybridized carbons (Fsp3) is 0.273. The maximum absolute atomic E-state index is 5.97. The Morgan fingerprint density at radius 2 is 2.23 bits per heavy atom. The van der Waals surface area contributed by atoms with Gasteiger partial charge >= 0.3 is 0 Å². The summed E-state index contributed by atoms with van der Waals surface area (Å²) in [6, 6.07) is 5.81. The number of rotatable bonds is 2. The van der Waals surface area contributed by atoms with E-state index >= 15 is 0 Å². The molecule has 1 atom stereocenters. The largest absolute Gasteiger partial charge is 0.371 e. The molecule has 0 fully saturated rings. The lowest BCUT2D eigenvalue weighted by Gasteiger charge is -2.11. The average Bonchev–Trinajstić information content (AvgIpc) is 2.11. The first-order valence-corrected chi connectivity index (χ1v) is 4.50. The van der Waals surface area contributed by atoms with Gasteiger partial charge in [-0.05, 0) is 31.5 Å². The van der Waals surface area contributed by atoms with Crippen molar-refractivity contribution in [1.82, 2.24) is 0 Å². The minimum atomic E-state index is -0.000648. The fourth-order valence-electron chi connectivity index (χ4n) is 1.02. The van der Waals surface area contributed by atoms with E-state index in [0.29, 0.717) is 5.02 Å². The summed E-state index contributed by atoms with van der Waals surface area (Å²) in [7, 11) is 0. The Hall–Kier alpha value is -1.13. The molecular weight excluding hydrogens is 182 g/mol. The van der Waals surface area contributed by atoms with Crippen molar-refractivity contribution in [3.8, 4) is 12.3 Å². The molecule has 0 aromatic heterocycles. The number of hydrogen-bond donors (Lipinski definition) is 1. The first kappa shape index (κ1) is 9.95. The molecule has 1 N–H and O–H groups in total. The highest BCUT2D eigenvalue weighted by molar-refractivity contribution is 6.33. The lowest BCUT2D eigenvalue weighted by Crippen LogP contribution is -2.12. The summed E-state index contributed by atoms with van der Waals surface area (Å²) in [4.78, 5) is 0. The lowest BCUT2D eigenvalue weighted by atomic mass is 10.2. The third-order valence-electron chi connectivity index (χ3n) is 1.74. The van der Waals surface area contributed by atoms with Gasteiger partial charge in [0.05, 0.1) is 16.8 Å². The smallest absolute Gasteiger partial charge is 0.0846 e. The van der Waals surface area contributed by atoms with Crippen LogP contribution in [0.2, 0.25) is 5.02 Å². The highest BCUT2D eigenvalue weighted by Crippen LogP contribution is 2.23. The SMILES string of the molecule is C#CC(C)Nc1cc(C)ccc1Cl. The fourth-order valence-corrected chi connectivity index (χ4v) is 1.20. The van der Waals surface area contributed by atoms with E-state index in [1.165, 1.54) is 0 Å². The number of benzene rings is 1. The second-order valence-corrected chi connectivity index (χ2v) is 3.42. The van der Waals surface area contributed by atoms with Crippen LogP contribution in [-0.4, -0.2) is 6.04 Å². The molecule has 0 saturated heterocycles. The zero-order chi connectivity index (χ0) is 9.84. The molecule has 0 radical (unpaired) electrons. The Morgan fingerprint density at radius 3 is 2.85 bits per heavy atom. The van der Waals surface area contributed by atoms with E-state index in [1.54, 1.807) is 0 Å². The van der Waals surface area contributed by atoms with Gasteiger partial charge in [-0.2, -0.15) is 0 Å². The molecule has 0 heterocycles. The molecule has 0 aliphatic carbocycles. The summed E-state index contributed by atoms with van der Waals surface area (Å²) in [6.45, 7) is 3.93. The van der Waals surface area contributed by atoms with Crippen LogP contribution in [0.3, 0.4) is 0 Å². The van der Waals surface area contributed by atoms with Crippen LogP contribution < -0.4 is 5.32 Å². The van der Waals surface area contributed by atoms with Crippen LogP contribution in [0.25, 0.3) is 0 Å². The Kier molecular flexibility index (Phi) is 3.22. The van der Waals surface area contributed by atoms with Crippen LogP contribution in [0.5, 0.6) is 0 Å². The van der Waals surface area contributed by atoms with Crippen molar-refractivity contribution in [3.63, 3.8) is 0 Å². The monoisotopic (exact) mass is 193 g/mol. The first-order chi connectivity index (χ1) is 6.13. The highest BCUT2D eigenvalue weighted by Gasteiger charge is 2.02. The van der Waals surface area contributed by atoms with Crippen LogP contribution in [0, 0.1) is 19.3 Å². The minimum absolute atomic E-state index is 0.000648. The van der Waals surface area contributed by atoms with Gasteiger partial charge in [0.25, 0.3) is 0 Å². The van der Waals surface area contributed by atoms with E-state index in [0.717, 1.165) is 11.3 Å². The van der Waals surface area contributed by atoms with Crippen molar-refractivity contribution in [2.45, 2.75) is 19.9 Å². The molecule has 13 heavy (non-hydrogen) atoms. The van der Waals surface area contributed by atoms with E-state index in [2.05, 4.69) is 11.2 Å².